The number of carboxylic acid groups (broad SMARTS) is 1. The first-order valence-corrected chi connectivity index (χ1v) is 8.88. The minimum atomic E-state index is -0.903. The van der Waals surface area contributed by atoms with Gasteiger partial charge in [0.1, 0.15) is 12.6 Å². The quantitative estimate of drug-likeness (QED) is 0.685. The molecule has 0 aliphatic heterocycles. The van der Waals surface area contributed by atoms with E-state index >= 15 is 0 Å². The number of aliphatic carboxylic acids is 1. The summed E-state index contributed by atoms with van der Waals surface area (Å²) in [5.74, 6) is 0.136. The fourth-order valence-electron chi connectivity index (χ4n) is 2.44. The van der Waals surface area contributed by atoms with Crippen LogP contribution in [-0.4, -0.2) is 23.7 Å². The average molecular weight is 378 g/mol. The Bertz CT molecular complexity index is 763. The number of nitrogens with one attached hydrogen (secondary N) is 1. The molecule has 0 spiro atoms. The minimum Gasteiger partial charge on any atom is -0.490 e. The van der Waals surface area contributed by atoms with Crippen LogP contribution in [0.4, 0.5) is 0 Å². The largest absolute Gasteiger partial charge is 0.490 e. The van der Waals surface area contributed by atoms with Gasteiger partial charge in [-0.05, 0) is 44.0 Å². The molecule has 2 rings (SSSR count). The van der Waals surface area contributed by atoms with Gasteiger partial charge in [0.2, 0.25) is 0 Å². The highest BCUT2D eigenvalue weighted by Gasteiger charge is 2.15. The molecule has 6 heteroatoms. The lowest BCUT2D eigenvalue weighted by molar-refractivity contribution is -0.139. The van der Waals surface area contributed by atoms with Crippen molar-refractivity contribution in [3.63, 3.8) is 0 Å². The summed E-state index contributed by atoms with van der Waals surface area (Å²) in [5, 5.41) is 12.3. The molecule has 0 aliphatic rings. The first-order chi connectivity index (χ1) is 12.4. The SMILES string of the molecule is CCOc1cc(CNC(C)C(=O)O)cc(Cl)c1OCc1cccc(C)c1. The van der Waals surface area contributed by atoms with Gasteiger partial charge >= 0.3 is 5.97 Å². The topological polar surface area (TPSA) is 67.8 Å². The summed E-state index contributed by atoms with van der Waals surface area (Å²) in [4.78, 5) is 10.9. The monoisotopic (exact) mass is 377 g/mol. The third-order valence-corrected chi connectivity index (χ3v) is 4.10. The van der Waals surface area contributed by atoms with Crippen LogP contribution in [0, 0.1) is 6.92 Å². The molecule has 140 valence electrons. The van der Waals surface area contributed by atoms with E-state index in [1.807, 2.05) is 38.1 Å². The van der Waals surface area contributed by atoms with Gasteiger partial charge in [-0.25, -0.2) is 0 Å². The second kappa shape index (κ2) is 9.46. The van der Waals surface area contributed by atoms with Gasteiger partial charge in [-0.15, -0.1) is 0 Å². The number of rotatable bonds is 9. The second-order valence-corrected chi connectivity index (χ2v) is 6.46. The Kier molecular flexibility index (Phi) is 7.30. The number of carboxylic acids is 1. The summed E-state index contributed by atoms with van der Waals surface area (Å²) in [6, 6.07) is 11.0. The lowest BCUT2D eigenvalue weighted by Crippen LogP contribution is -2.33. The Hall–Kier alpha value is -2.24. The number of hydrogen-bond acceptors (Lipinski definition) is 4. The Morgan fingerprint density at radius 2 is 2.00 bits per heavy atom. The predicted molar refractivity (Wildman–Crippen MR) is 102 cm³/mol. The van der Waals surface area contributed by atoms with E-state index in [9.17, 15) is 4.79 Å². The number of benzene rings is 2. The number of ether oxygens (including phenoxy) is 2. The first-order valence-electron chi connectivity index (χ1n) is 8.50. The van der Waals surface area contributed by atoms with Crippen LogP contribution in [0.2, 0.25) is 5.02 Å². The normalized spacial score (nSPS) is 11.8. The molecule has 0 saturated carbocycles. The van der Waals surface area contributed by atoms with Crippen LogP contribution in [-0.2, 0) is 17.9 Å². The molecule has 0 heterocycles. The zero-order valence-corrected chi connectivity index (χ0v) is 16.0. The van der Waals surface area contributed by atoms with Crippen LogP contribution in [0.15, 0.2) is 36.4 Å². The molecule has 0 bridgehead atoms. The van der Waals surface area contributed by atoms with E-state index in [1.165, 1.54) is 0 Å². The second-order valence-electron chi connectivity index (χ2n) is 6.06. The van der Waals surface area contributed by atoms with Gasteiger partial charge in [-0.3, -0.25) is 4.79 Å². The van der Waals surface area contributed by atoms with E-state index in [0.29, 0.717) is 36.3 Å². The van der Waals surface area contributed by atoms with Crippen molar-refractivity contribution in [2.24, 2.45) is 0 Å². The molecule has 1 atom stereocenters. The summed E-state index contributed by atoms with van der Waals surface area (Å²) in [5.41, 5.74) is 3.04. The predicted octanol–water partition coefficient (Wildman–Crippen LogP) is 4.19. The lowest BCUT2D eigenvalue weighted by atomic mass is 10.1. The molecular formula is C20H24ClNO4. The van der Waals surface area contributed by atoms with Crippen LogP contribution in [0.3, 0.4) is 0 Å². The van der Waals surface area contributed by atoms with Crippen LogP contribution in [0.1, 0.15) is 30.5 Å². The van der Waals surface area contributed by atoms with E-state index in [1.54, 1.807) is 13.0 Å². The molecule has 0 saturated heterocycles. The van der Waals surface area contributed by atoms with Gasteiger partial charge in [-0.1, -0.05) is 41.4 Å². The van der Waals surface area contributed by atoms with Gasteiger partial charge in [0.25, 0.3) is 0 Å². The molecule has 2 N–H and O–H groups in total. The maximum atomic E-state index is 10.9. The van der Waals surface area contributed by atoms with Crippen molar-refractivity contribution in [2.75, 3.05) is 6.61 Å². The molecule has 26 heavy (non-hydrogen) atoms. The van der Waals surface area contributed by atoms with Crippen molar-refractivity contribution in [1.29, 1.82) is 0 Å². The number of hydrogen-bond donors (Lipinski definition) is 2. The number of carbonyl (C=O) groups is 1. The van der Waals surface area contributed by atoms with E-state index in [4.69, 9.17) is 26.2 Å². The number of halogens is 1. The standard InChI is InChI=1S/C20H24ClNO4/c1-4-25-18-10-16(11-22-14(3)20(23)24)9-17(21)19(18)26-12-15-7-5-6-13(2)8-15/h5-10,14,22H,4,11-12H2,1-3H3,(H,23,24). The maximum Gasteiger partial charge on any atom is 0.320 e. The summed E-state index contributed by atoms with van der Waals surface area (Å²) in [6.07, 6.45) is 0. The maximum absolute atomic E-state index is 10.9. The fraction of sp³-hybridized carbons (Fsp3) is 0.350. The third kappa shape index (κ3) is 5.64. The van der Waals surface area contributed by atoms with E-state index in [-0.39, 0.29) is 0 Å². The van der Waals surface area contributed by atoms with Gasteiger partial charge in [-0.2, -0.15) is 0 Å². The molecule has 0 amide bonds. The van der Waals surface area contributed by atoms with Crippen molar-refractivity contribution in [2.45, 2.75) is 40.0 Å². The lowest BCUT2D eigenvalue weighted by Gasteiger charge is -2.16. The van der Waals surface area contributed by atoms with Crippen molar-refractivity contribution in [3.05, 3.63) is 58.1 Å². The zero-order valence-electron chi connectivity index (χ0n) is 15.2. The van der Waals surface area contributed by atoms with Gasteiger partial charge in [0, 0.05) is 6.54 Å². The van der Waals surface area contributed by atoms with Crippen molar-refractivity contribution < 1.29 is 19.4 Å². The Balaban J connectivity index is 2.15. The van der Waals surface area contributed by atoms with Crippen molar-refractivity contribution in [3.8, 4) is 11.5 Å². The molecule has 0 radical (unpaired) electrons. The molecule has 0 fully saturated rings. The molecule has 2 aromatic carbocycles. The van der Waals surface area contributed by atoms with Crippen LogP contribution in [0.5, 0.6) is 11.5 Å². The highest BCUT2D eigenvalue weighted by atomic mass is 35.5. The van der Waals surface area contributed by atoms with Crippen molar-refractivity contribution in [1.82, 2.24) is 5.32 Å². The molecule has 0 aromatic heterocycles. The summed E-state index contributed by atoms with van der Waals surface area (Å²) in [6.45, 7) is 6.73. The van der Waals surface area contributed by atoms with Gasteiger partial charge in [0.05, 0.1) is 11.6 Å². The van der Waals surface area contributed by atoms with E-state index in [0.717, 1.165) is 16.7 Å². The Morgan fingerprint density at radius 1 is 1.23 bits per heavy atom. The van der Waals surface area contributed by atoms with E-state index < -0.39 is 12.0 Å². The van der Waals surface area contributed by atoms with Crippen molar-refractivity contribution >= 4 is 17.6 Å². The Morgan fingerprint density at radius 3 is 2.65 bits per heavy atom. The third-order valence-electron chi connectivity index (χ3n) is 3.82. The number of aryl methyl sites for hydroxylation is 1. The first kappa shape index (κ1) is 20.1. The van der Waals surface area contributed by atoms with Crippen LogP contribution in [0.25, 0.3) is 0 Å². The molecular weight excluding hydrogens is 354 g/mol. The molecule has 1 unspecified atom stereocenters. The van der Waals surface area contributed by atoms with E-state index in [2.05, 4.69) is 11.4 Å². The van der Waals surface area contributed by atoms with Gasteiger partial charge < -0.3 is 19.9 Å². The van der Waals surface area contributed by atoms with Crippen LogP contribution >= 0.6 is 11.6 Å². The van der Waals surface area contributed by atoms with Gasteiger partial charge in [0.15, 0.2) is 11.5 Å². The Labute approximate surface area is 158 Å². The highest BCUT2D eigenvalue weighted by Crippen LogP contribution is 2.37. The summed E-state index contributed by atoms with van der Waals surface area (Å²) in [7, 11) is 0. The summed E-state index contributed by atoms with van der Waals surface area (Å²) < 4.78 is 11.6. The zero-order chi connectivity index (χ0) is 19.1. The smallest absolute Gasteiger partial charge is 0.320 e. The average Bonchev–Trinajstić information content (AvgIpc) is 2.59. The minimum absolute atomic E-state index is 0.366. The summed E-state index contributed by atoms with van der Waals surface area (Å²) >= 11 is 6.40. The molecule has 2 aromatic rings. The van der Waals surface area contributed by atoms with Crippen LogP contribution < -0.4 is 14.8 Å². The highest BCUT2D eigenvalue weighted by molar-refractivity contribution is 6.32. The molecule has 0 aliphatic carbocycles. The molecule has 5 nitrogen and oxygen atoms in total. The fourth-order valence-corrected chi connectivity index (χ4v) is 2.73.